The number of H-pyrrole nitrogens is 1. The van der Waals surface area contributed by atoms with Crippen LogP contribution >= 0.6 is 0 Å². The van der Waals surface area contributed by atoms with E-state index in [2.05, 4.69) is 78.4 Å². The fourth-order valence-electron chi connectivity index (χ4n) is 3.10. The Balaban J connectivity index is 1.75. The highest BCUT2D eigenvalue weighted by Gasteiger charge is 2.14. The largest absolute Gasteiger partial charge is 0.473 e. The molecule has 0 aliphatic heterocycles. The number of ether oxygens (including phenoxy) is 1. The van der Waals surface area contributed by atoms with Crippen LogP contribution in [0, 0.1) is 0 Å². The molecule has 4 nitrogen and oxygen atoms in total. The lowest BCUT2D eigenvalue weighted by Crippen LogP contribution is -2.36. The van der Waals surface area contributed by atoms with Crippen LogP contribution < -0.4 is 10.1 Å². The van der Waals surface area contributed by atoms with Crippen molar-refractivity contribution in [3.63, 3.8) is 0 Å². The molecule has 3 aromatic rings. The second-order valence-electron chi connectivity index (χ2n) is 6.19. The lowest BCUT2D eigenvalue weighted by atomic mass is 10.2. The van der Waals surface area contributed by atoms with Gasteiger partial charge in [-0.15, -0.1) is 0 Å². The highest BCUT2D eigenvalue weighted by atomic mass is 16.5. The highest BCUT2D eigenvalue weighted by Crippen LogP contribution is 2.29. The minimum absolute atomic E-state index is 0.0509. The minimum Gasteiger partial charge on any atom is -0.473 e. The molecule has 1 aromatic heterocycles. The summed E-state index contributed by atoms with van der Waals surface area (Å²) in [7, 11) is 0. The van der Waals surface area contributed by atoms with Crippen molar-refractivity contribution in [2.24, 2.45) is 0 Å². The van der Waals surface area contributed by atoms with Crippen molar-refractivity contribution >= 4 is 16.6 Å². The number of rotatable bonds is 8. The topological polar surface area (TPSA) is 40.3 Å². The zero-order chi connectivity index (χ0) is 17.6. The van der Waals surface area contributed by atoms with E-state index >= 15 is 0 Å². The van der Waals surface area contributed by atoms with E-state index in [-0.39, 0.29) is 6.23 Å². The second kappa shape index (κ2) is 8.08. The van der Waals surface area contributed by atoms with Crippen LogP contribution in [0.15, 0.2) is 54.7 Å². The molecule has 0 saturated carbocycles. The van der Waals surface area contributed by atoms with Gasteiger partial charge in [-0.1, -0.05) is 44.2 Å². The van der Waals surface area contributed by atoms with Gasteiger partial charge in [0.25, 0.3) is 0 Å². The predicted octanol–water partition coefficient (Wildman–Crippen LogP) is 4.85. The molecular formula is C21H27N3O. The van der Waals surface area contributed by atoms with Gasteiger partial charge < -0.3 is 15.0 Å². The molecule has 0 fully saturated rings. The zero-order valence-electron chi connectivity index (χ0n) is 15.3. The number of nitrogens with one attached hydrogen (secondary N) is 2. The van der Waals surface area contributed by atoms with Crippen LogP contribution in [0.4, 0.5) is 5.69 Å². The molecule has 2 aromatic carbocycles. The molecule has 25 heavy (non-hydrogen) atoms. The van der Waals surface area contributed by atoms with Crippen LogP contribution in [-0.4, -0.2) is 29.2 Å². The van der Waals surface area contributed by atoms with Gasteiger partial charge in [0.1, 0.15) is 12.0 Å². The molecule has 1 unspecified atom stereocenters. The third kappa shape index (κ3) is 4.15. The number of anilines is 1. The number of aromatic amines is 1. The lowest BCUT2D eigenvalue weighted by molar-refractivity contribution is 0.0493. The summed E-state index contributed by atoms with van der Waals surface area (Å²) in [6, 6.07) is 16.8. The van der Waals surface area contributed by atoms with Gasteiger partial charge in [-0.05, 0) is 43.8 Å². The number of hydrogen-bond acceptors (Lipinski definition) is 3. The van der Waals surface area contributed by atoms with Crippen LogP contribution in [0.5, 0.6) is 5.75 Å². The summed E-state index contributed by atoms with van der Waals surface area (Å²) in [5.74, 6) is 0.901. The molecule has 0 radical (unpaired) electrons. The average molecular weight is 337 g/mol. The summed E-state index contributed by atoms with van der Waals surface area (Å²) in [6.07, 6.45) is 2.00. The Bertz CT molecular complexity index is 793. The first-order chi connectivity index (χ1) is 12.2. The lowest BCUT2D eigenvalue weighted by Gasteiger charge is -2.26. The van der Waals surface area contributed by atoms with Gasteiger partial charge in [-0.3, -0.25) is 4.90 Å². The van der Waals surface area contributed by atoms with E-state index in [0.29, 0.717) is 0 Å². The number of aromatic nitrogens is 1. The van der Waals surface area contributed by atoms with Crippen molar-refractivity contribution in [3.05, 3.63) is 60.3 Å². The fourth-order valence-corrected chi connectivity index (χ4v) is 3.10. The molecular weight excluding hydrogens is 310 g/mol. The van der Waals surface area contributed by atoms with Gasteiger partial charge in [0.05, 0.1) is 0 Å². The molecule has 3 rings (SSSR count). The van der Waals surface area contributed by atoms with Gasteiger partial charge in [-0.25, -0.2) is 0 Å². The van der Waals surface area contributed by atoms with Gasteiger partial charge in [0.15, 0.2) is 0 Å². The Hall–Kier alpha value is -2.46. The van der Waals surface area contributed by atoms with E-state index in [1.54, 1.807) is 0 Å². The Labute approximate surface area is 149 Å². The van der Waals surface area contributed by atoms with E-state index in [9.17, 15) is 0 Å². The molecule has 1 atom stereocenters. The first-order valence-corrected chi connectivity index (χ1v) is 9.01. The van der Waals surface area contributed by atoms with E-state index in [4.69, 9.17) is 4.74 Å². The van der Waals surface area contributed by atoms with Crippen LogP contribution in [-0.2, 0) is 6.54 Å². The van der Waals surface area contributed by atoms with E-state index in [0.717, 1.165) is 42.0 Å². The molecule has 0 saturated heterocycles. The summed E-state index contributed by atoms with van der Waals surface area (Å²) in [4.78, 5) is 5.59. The third-order valence-corrected chi connectivity index (χ3v) is 4.61. The maximum Gasteiger partial charge on any atom is 0.149 e. The van der Waals surface area contributed by atoms with Gasteiger partial charge in [0.2, 0.25) is 0 Å². The van der Waals surface area contributed by atoms with E-state index in [1.807, 2.05) is 12.3 Å². The summed E-state index contributed by atoms with van der Waals surface area (Å²) in [6.45, 7) is 9.17. The molecule has 0 aliphatic carbocycles. The van der Waals surface area contributed by atoms with Gasteiger partial charge in [0, 0.05) is 29.3 Å². The predicted molar refractivity (Wildman–Crippen MR) is 105 cm³/mol. The Kier molecular flexibility index (Phi) is 5.61. The summed E-state index contributed by atoms with van der Waals surface area (Å²) in [5.41, 5.74) is 3.45. The quantitative estimate of drug-likeness (QED) is 0.577. The first-order valence-electron chi connectivity index (χ1n) is 9.01. The smallest absolute Gasteiger partial charge is 0.149 e. The summed E-state index contributed by atoms with van der Waals surface area (Å²) in [5, 5.41) is 4.60. The van der Waals surface area contributed by atoms with E-state index in [1.165, 1.54) is 5.56 Å². The summed E-state index contributed by atoms with van der Waals surface area (Å²) < 4.78 is 6.20. The molecule has 2 N–H and O–H groups in total. The molecule has 4 heteroatoms. The fraction of sp³-hybridized carbons (Fsp3) is 0.333. The van der Waals surface area contributed by atoms with Crippen LogP contribution in [0.3, 0.4) is 0 Å². The average Bonchev–Trinajstić information content (AvgIpc) is 3.04. The van der Waals surface area contributed by atoms with E-state index < -0.39 is 0 Å². The monoisotopic (exact) mass is 337 g/mol. The number of hydrogen-bond donors (Lipinski definition) is 2. The standard InChI is InChI=1S/C21H27N3O/c1-4-24(5-2)16(3)25-21-15-23-20-12-11-18(13-19(20)21)22-14-17-9-7-6-8-10-17/h6-13,15-16,22-23H,4-5,14H2,1-3H3. The van der Waals surface area contributed by atoms with Crippen LogP contribution in [0.2, 0.25) is 0 Å². The molecule has 132 valence electrons. The maximum atomic E-state index is 6.20. The maximum absolute atomic E-state index is 6.20. The summed E-state index contributed by atoms with van der Waals surface area (Å²) >= 11 is 0. The van der Waals surface area contributed by atoms with Crippen molar-refractivity contribution in [2.75, 3.05) is 18.4 Å². The van der Waals surface area contributed by atoms with Crippen LogP contribution in [0.25, 0.3) is 10.9 Å². The van der Waals surface area contributed by atoms with Gasteiger partial charge in [-0.2, -0.15) is 0 Å². The third-order valence-electron chi connectivity index (χ3n) is 4.61. The molecule has 0 amide bonds. The second-order valence-corrected chi connectivity index (χ2v) is 6.19. The normalized spacial score (nSPS) is 12.5. The van der Waals surface area contributed by atoms with Crippen molar-refractivity contribution in [1.82, 2.24) is 9.88 Å². The van der Waals surface area contributed by atoms with Crippen molar-refractivity contribution in [2.45, 2.75) is 33.5 Å². The van der Waals surface area contributed by atoms with Crippen molar-refractivity contribution in [1.29, 1.82) is 0 Å². The Morgan fingerprint density at radius 3 is 2.56 bits per heavy atom. The zero-order valence-corrected chi connectivity index (χ0v) is 15.3. The number of nitrogens with zero attached hydrogens (tertiary/aromatic N) is 1. The number of benzene rings is 2. The highest BCUT2D eigenvalue weighted by molar-refractivity contribution is 5.89. The SMILES string of the molecule is CCN(CC)C(C)Oc1c[nH]c2ccc(NCc3ccccc3)cc12. The molecule has 1 heterocycles. The Morgan fingerprint density at radius 2 is 1.84 bits per heavy atom. The number of fused-ring (bicyclic) bond motifs is 1. The minimum atomic E-state index is 0.0509. The van der Waals surface area contributed by atoms with Crippen molar-refractivity contribution in [3.8, 4) is 5.75 Å². The van der Waals surface area contributed by atoms with Crippen LogP contribution in [0.1, 0.15) is 26.3 Å². The van der Waals surface area contributed by atoms with Gasteiger partial charge >= 0.3 is 0 Å². The van der Waals surface area contributed by atoms with Crippen molar-refractivity contribution < 1.29 is 4.74 Å². The molecule has 0 spiro atoms. The Morgan fingerprint density at radius 1 is 1.08 bits per heavy atom. The first kappa shape index (κ1) is 17.4. The molecule has 0 bridgehead atoms. The molecule has 0 aliphatic rings.